The van der Waals surface area contributed by atoms with Gasteiger partial charge in [0.1, 0.15) is 0 Å². The van der Waals surface area contributed by atoms with E-state index in [9.17, 15) is 8.42 Å². The quantitative estimate of drug-likeness (QED) is 0.525. The Hall–Kier alpha value is -1.03. The molecule has 0 amide bonds. The molecule has 0 atom stereocenters. The SMILES string of the molecule is Cc1ccc(S(=O)(=O)OCCCC2(C)C3(CCC24OCCO4)OCCO3)cc1. The predicted octanol–water partition coefficient (Wildman–Crippen LogP) is 2.77. The first-order chi connectivity index (χ1) is 13.3. The van der Waals surface area contributed by atoms with Crippen molar-refractivity contribution in [2.24, 2.45) is 5.41 Å². The third-order valence-electron chi connectivity index (χ3n) is 6.34. The fourth-order valence-corrected chi connectivity index (χ4v) is 5.70. The van der Waals surface area contributed by atoms with Crippen molar-refractivity contribution in [3.63, 3.8) is 0 Å². The topological polar surface area (TPSA) is 80.3 Å². The lowest BCUT2D eigenvalue weighted by molar-refractivity contribution is -0.302. The fraction of sp³-hybridized carbons (Fsp3) is 0.700. The molecule has 0 radical (unpaired) electrons. The Kier molecular flexibility index (Phi) is 5.31. The van der Waals surface area contributed by atoms with Crippen LogP contribution in [0, 0.1) is 12.3 Å². The van der Waals surface area contributed by atoms with Crippen LogP contribution in [0.5, 0.6) is 0 Å². The van der Waals surface area contributed by atoms with Crippen LogP contribution in [0.2, 0.25) is 0 Å². The largest absolute Gasteiger partial charge is 0.347 e. The summed E-state index contributed by atoms with van der Waals surface area (Å²) in [5.74, 6) is -1.49. The summed E-state index contributed by atoms with van der Waals surface area (Å²) in [5.41, 5.74) is 0.459. The maximum absolute atomic E-state index is 12.4. The molecule has 1 aliphatic carbocycles. The summed E-state index contributed by atoms with van der Waals surface area (Å²) >= 11 is 0. The molecule has 2 heterocycles. The summed E-state index contributed by atoms with van der Waals surface area (Å²) in [6, 6.07) is 6.64. The first kappa shape index (κ1) is 20.3. The van der Waals surface area contributed by atoms with Gasteiger partial charge in [-0.2, -0.15) is 8.42 Å². The zero-order chi connectivity index (χ0) is 19.9. The minimum absolute atomic E-state index is 0.0813. The molecule has 0 aromatic heterocycles. The Bertz CT molecular complexity index is 766. The van der Waals surface area contributed by atoms with Crippen LogP contribution in [0.25, 0.3) is 0 Å². The summed E-state index contributed by atoms with van der Waals surface area (Å²) in [7, 11) is -3.77. The van der Waals surface area contributed by atoms with Gasteiger partial charge in [0, 0.05) is 12.8 Å². The van der Waals surface area contributed by atoms with Crippen molar-refractivity contribution in [2.45, 2.75) is 56.0 Å². The zero-order valence-corrected chi connectivity index (χ0v) is 17.3. The zero-order valence-electron chi connectivity index (χ0n) is 16.4. The Morgan fingerprint density at radius 2 is 1.43 bits per heavy atom. The molecule has 0 N–H and O–H groups in total. The molecule has 156 valence electrons. The number of aryl methyl sites for hydroxylation is 1. The number of benzene rings is 1. The molecule has 28 heavy (non-hydrogen) atoms. The van der Waals surface area contributed by atoms with E-state index in [0.29, 0.717) is 52.1 Å². The second-order valence-corrected chi connectivity index (χ2v) is 9.54. The Morgan fingerprint density at radius 3 is 1.93 bits per heavy atom. The van der Waals surface area contributed by atoms with Gasteiger partial charge < -0.3 is 18.9 Å². The molecule has 0 unspecified atom stereocenters. The summed E-state index contributed by atoms with van der Waals surface area (Å²) < 4.78 is 54.2. The third kappa shape index (κ3) is 3.20. The van der Waals surface area contributed by atoms with Gasteiger partial charge in [0.25, 0.3) is 10.1 Å². The standard InChI is InChI=1S/C20H28O7S/c1-16-4-6-17(7-5-16)28(21,22)27-11-3-8-18(2)19(23-12-13-24-19)9-10-20(18)25-14-15-26-20/h4-7H,3,8-15H2,1-2H3. The van der Waals surface area contributed by atoms with Gasteiger partial charge >= 0.3 is 0 Å². The average molecular weight is 413 g/mol. The highest BCUT2D eigenvalue weighted by Gasteiger charge is 2.70. The molecule has 2 aliphatic heterocycles. The lowest BCUT2D eigenvalue weighted by Gasteiger charge is -2.46. The van der Waals surface area contributed by atoms with Gasteiger partial charge in [-0.15, -0.1) is 0 Å². The van der Waals surface area contributed by atoms with Crippen LogP contribution in [0.1, 0.15) is 38.2 Å². The number of hydrogen-bond acceptors (Lipinski definition) is 7. The van der Waals surface area contributed by atoms with Crippen LogP contribution in [0.4, 0.5) is 0 Å². The molecular formula is C20H28O7S. The lowest BCUT2D eigenvalue weighted by atomic mass is 9.75. The van der Waals surface area contributed by atoms with Crippen LogP contribution in [0.15, 0.2) is 29.2 Å². The van der Waals surface area contributed by atoms with Crippen LogP contribution in [-0.2, 0) is 33.2 Å². The van der Waals surface area contributed by atoms with E-state index in [1.165, 1.54) is 0 Å². The van der Waals surface area contributed by atoms with Crippen molar-refractivity contribution < 1.29 is 31.5 Å². The molecule has 1 aromatic carbocycles. The molecule has 3 fully saturated rings. The first-order valence-corrected chi connectivity index (χ1v) is 11.3. The Labute approximate surface area is 166 Å². The monoisotopic (exact) mass is 412 g/mol. The second-order valence-electron chi connectivity index (χ2n) is 7.92. The van der Waals surface area contributed by atoms with Crippen molar-refractivity contribution in [3.8, 4) is 0 Å². The molecule has 7 nitrogen and oxygen atoms in total. The van der Waals surface area contributed by atoms with Crippen LogP contribution >= 0.6 is 0 Å². The maximum atomic E-state index is 12.4. The van der Waals surface area contributed by atoms with Crippen molar-refractivity contribution in [3.05, 3.63) is 29.8 Å². The molecule has 1 aromatic rings. The molecule has 3 aliphatic rings. The molecular weight excluding hydrogens is 384 g/mol. The van der Waals surface area contributed by atoms with Gasteiger partial charge in [-0.1, -0.05) is 17.7 Å². The van der Waals surface area contributed by atoms with E-state index in [2.05, 4.69) is 6.92 Å². The van der Waals surface area contributed by atoms with Crippen molar-refractivity contribution in [2.75, 3.05) is 33.0 Å². The van der Waals surface area contributed by atoms with E-state index in [1.807, 2.05) is 6.92 Å². The summed E-state index contributed by atoms with van der Waals surface area (Å²) in [6.07, 6.45) is 2.53. The minimum atomic E-state index is -3.77. The van der Waals surface area contributed by atoms with E-state index < -0.39 is 27.1 Å². The van der Waals surface area contributed by atoms with E-state index in [1.54, 1.807) is 24.3 Å². The molecule has 1 saturated carbocycles. The van der Waals surface area contributed by atoms with Gasteiger partial charge in [-0.25, -0.2) is 0 Å². The number of hydrogen-bond donors (Lipinski definition) is 0. The van der Waals surface area contributed by atoms with Crippen LogP contribution in [0.3, 0.4) is 0 Å². The molecule has 2 saturated heterocycles. The lowest BCUT2D eigenvalue weighted by Crippen LogP contribution is -2.55. The van der Waals surface area contributed by atoms with E-state index in [-0.39, 0.29) is 11.5 Å². The van der Waals surface area contributed by atoms with Gasteiger partial charge in [-0.3, -0.25) is 4.18 Å². The molecule has 0 bridgehead atoms. The van der Waals surface area contributed by atoms with Gasteiger partial charge in [0.15, 0.2) is 11.6 Å². The first-order valence-electron chi connectivity index (χ1n) is 9.85. The van der Waals surface area contributed by atoms with Crippen molar-refractivity contribution >= 4 is 10.1 Å². The van der Waals surface area contributed by atoms with E-state index >= 15 is 0 Å². The van der Waals surface area contributed by atoms with Crippen LogP contribution < -0.4 is 0 Å². The summed E-state index contributed by atoms with van der Waals surface area (Å²) in [6.45, 7) is 6.23. The van der Waals surface area contributed by atoms with Gasteiger partial charge in [0.2, 0.25) is 0 Å². The van der Waals surface area contributed by atoms with Crippen molar-refractivity contribution in [1.29, 1.82) is 0 Å². The summed E-state index contributed by atoms with van der Waals surface area (Å²) in [5, 5.41) is 0. The maximum Gasteiger partial charge on any atom is 0.296 e. The van der Waals surface area contributed by atoms with Gasteiger partial charge in [-0.05, 0) is 38.8 Å². The van der Waals surface area contributed by atoms with Crippen LogP contribution in [-0.4, -0.2) is 53.0 Å². The smallest absolute Gasteiger partial charge is 0.296 e. The Morgan fingerprint density at radius 1 is 0.929 bits per heavy atom. The second kappa shape index (κ2) is 7.34. The Balaban J connectivity index is 1.43. The molecule has 4 rings (SSSR count). The highest BCUT2D eigenvalue weighted by atomic mass is 32.2. The number of ether oxygens (including phenoxy) is 4. The number of rotatable bonds is 6. The average Bonchev–Trinajstić information content (AvgIpc) is 3.39. The highest BCUT2D eigenvalue weighted by Crippen LogP contribution is 2.62. The highest BCUT2D eigenvalue weighted by molar-refractivity contribution is 7.86. The summed E-state index contributed by atoms with van der Waals surface area (Å²) in [4.78, 5) is 0.169. The normalized spacial score (nSPS) is 25.1. The van der Waals surface area contributed by atoms with Gasteiger partial charge in [0.05, 0.1) is 43.3 Å². The van der Waals surface area contributed by atoms with Crippen molar-refractivity contribution in [1.82, 2.24) is 0 Å². The minimum Gasteiger partial charge on any atom is -0.347 e. The van der Waals surface area contributed by atoms with E-state index in [4.69, 9.17) is 23.1 Å². The molecule has 8 heteroatoms. The third-order valence-corrected chi connectivity index (χ3v) is 7.67. The predicted molar refractivity (Wildman–Crippen MR) is 100 cm³/mol. The van der Waals surface area contributed by atoms with E-state index in [0.717, 1.165) is 5.56 Å². The molecule has 2 spiro atoms. The fourth-order valence-electron chi connectivity index (χ4n) is 4.75.